The van der Waals surface area contributed by atoms with Crippen molar-refractivity contribution in [2.24, 2.45) is 5.92 Å². The maximum atomic E-state index is 12.7. The molecule has 4 aliphatic rings. The number of likely N-dealkylation sites (N-methyl/N-ethyl adjacent to an activating group) is 1. The Labute approximate surface area is 186 Å². The summed E-state index contributed by atoms with van der Waals surface area (Å²) in [5.41, 5.74) is -0.0836. The van der Waals surface area contributed by atoms with Crippen LogP contribution in [0.2, 0.25) is 0 Å². The number of aliphatic hydroxyl groups is 1. The fourth-order valence-electron chi connectivity index (χ4n) is 6.00. The number of carbonyl (C=O) groups excluding carboxylic acids is 2. The Morgan fingerprint density at radius 3 is 2.72 bits per heavy atom. The van der Waals surface area contributed by atoms with Gasteiger partial charge in [-0.05, 0) is 51.1 Å². The van der Waals surface area contributed by atoms with Gasteiger partial charge in [0.2, 0.25) is 0 Å². The van der Waals surface area contributed by atoms with E-state index in [9.17, 15) is 19.8 Å². The van der Waals surface area contributed by atoms with E-state index in [1.165, 1.54) is 6.92 Å². The summed E-state index contributed by atoms with van der Waals surface area (Å²) in [7, 11) is 2.01. The summed E-state index contributed by atoms with van der Waals surface area (Å²) in [6, 6.07) is 3.39. The van der Waals surface area contributed by atoms with E-state index in [0.29, 0.717) is 30.8 Å². The number of hydrogen-bond donors (Lipinski definition) is 2. The molecule has 1 saturated heterocycles. The van der Waals surface area contributed by atoms with Crippen molar-refractivity contribution >= 4 is 11.9 Å². The zero-order valence-corrected chi connectivity index (χ0v) is 18.8. The highest BCUT2D eigenvalue weighted by Crippen LogP contribution is 2.65. The van der Waals surface area contributed by atoms with Gasteiger partial charge in [-0.15, -0.1) is 0 Å². The van der Waals surface area contributed by atoms with Crippen LogP contribution in [0.5, 0.6) is 11.5 Å². The molecule has 32 heavy (non-hydrogen) atoms. The topological polar surface area (TPSA) is 106 Å². The Bertz CT molecular complexity index is 1030. The quantitative estimate of drug-likeness (QED) is 0.679. The molecule has 8 nitrogen and oxygen atoms in total. The predicted octanol–water partition coefficient (Wildman–Crippen LogP) is 1.80. The smallest absolute Gasteiger partial charge is 0.352 e. The van der Waals surface area contributed by atoms with Crippen LogP contribution in [-0.4, -0.2) is 64.5 Å². The zero-order chi connectivity index (χ0) is 23.0. The third-order valence-electron chi connectivity index (χ3n) is 7.67. The number of nitrogens with zero attached hydrogens (tertiary/aromatic N) is 1. The number of piperidine rings is 1. The third-order valence-corrected chi connectivity index (χ3v) is 7.67. The van der Waals surface area contributed by atoms with E-state index in [-0.39, 0.29) is 17.7 Å². The van der Waals surface area contributed by atoms with E-state index in [4.69, 9.17) is 14.2 Å². The highest BCUT2D eigenvalue weighted by Gasteiger charge is 2.72. The lowest BCUT2D eigenvalue weighted by atomic mass is 9.50. The van der Waals surface area contributed by atoms with Crippen LogP contribution in [-0.2, 0) is 30.9 Å². The molecule has 2 unspecified atom stereocenters. The first-order chi connectivity index (χ1) is 15.1. The predicted molar refractivity (Wildman–Crippen MR) is 113 cm³/mol. The Hall–Kier alpha value is -2.58. The summed E-state index contributed by atoms with van der Waals surface area (Å²) in [6.07, 6.45) is 1.41. The number of carbonyl (C=O) groups is 2. The normalized spacial score (nSPS) is 33.1. The van der Waals surface area contributed by atoms with Crippen LogP contribution < -0.4 is 4.74 Å². The van der Waals surface area contributed by atoms with Crippen LogP contribution in [0.4, 0.5) is 0 Å². The van der Waals surface area contributed by atoms with Crippen LogP contribution in [0, 0.1) is 5.92 Å². The Balaban J connectivity index is 1.53. The highest BCUT2D eigenvalue weighted by atomic mass is 16.6. The number of ether oxygens (including phenoxy) is 3. The molecular weight excluding hydrogens is 414 g/mol. The summed E-state index contributed by atoms with van der Waals surface area (Å²) >= 11 is 0. The summed E-state index contributed by atoms with van der Waals surface area (Å²) in [5.74, 6) is -0.880. The summed E-state index contributed by atoms with van der Waals surface area (Å²) in [6.45, 7) is 5.60. The minimum Gasteiger partial charge on any atom is -0.504 e. The summed E-state index contributed by atoms with van der Waals surface area (Å²) in [4.78, 5) is 26.8. The van der Waals surface area contributed by atoms with Crippen molar-refractivity contribution in [3.05, 3.63) is 35.1 Å². The molecule has 1 spiro atoms. The second-order valence-corrected chi connectivity index (χ2v) is 9.76. The largest absolute Gasteiger partial charge is 0.504 e. The number of hydrogen-bond acceptors (Lipinski definition) is 8. The van der Waals surface area contributed by atoms with Crippen LogP contribution in [0.15, 0.2) is 24.0 Å². The van der Waals surface area contributed by atoms with Crippen molar-refractivity contribution in [1.29, 1.82) is 0 Å². The molecule has 5 atom stereocenters. The SMILES string of the molecule is CC(C)C(=O)O[C@@H](C)C(=O)OC1=CC[C@@]2(O)[C@H]3Cc4ccc(O)c5c4C2(CCN3C)C1O5. The van der Waals surface area contributed by atoms with E-state index in [2.05, 4.69) is 4.90 Å². The fourth-order valence-corrected chi connectivity index (χ4v) is 6.00. The molecule has 0 aromatic heterocycles. The number of likely N-dealkylation sites (tertiary alicyclic amines) is 1. The maximum Gasteiger partial charge on any atom is 0.352 e. The molecule has 0 saturated carbocycles. The van der Waals surface area contributed by atoms with Gasteiger partial charge in [0.15, 0.2) is 23.7 Å². The molecule has 0 radical (unpaired) electrons. The number of benzene rings is 1. The van der Waals surface area contributed by atoms with Gasteiger partial charge in [0.05, 0.1) is 16.9 Å². The summed E-state index contributed by atoms with van der Waals surface area (Å²) < 4.78 is 17.1. The Kier molecular flexibility index (Phi) is 4.63. The average molecular weight is 443 g/mol. The molecular formula is C24H29NO7. The van der Waals surface area contributed by atoms with Crippen LogP contribution in [0.1, 0.15) is 44.7 Å². The number of aromatic hydroxyl groups is 1. The number of rotatable bonds is 4. The van der Waals surface area contributed by atoms with E-state index in [1.54, 1.807) is 26.0 Å². The molecule has 1 fully saturated rings. The van der Waals surface area contributed by atoms with E-state index >= 15 is 0 Å². The average Bonchev–Trinajstić information content (AvgIpc) is 3.10. The van der Waals surface area contributed by atoms with Crippen molar-refractivity contribution in [2.75, 3.05) is 13.6 Å². The maximum absolute atomic E-state index is 12.7. The third kappa shape index (κ3) is 2.62. The monoisotopic (exact) mass is 443 g/mol. The van der Waals surface area contributed by atoms with Crippen molar-refractivity contribution in [2.45, 2.75) is 69.3 Å². The first kappa shape index (κ1) is 21.3. The molecule has 8 heteroatoms. The summed E-state index contributed by atoms with van der Waals surface area (Å²) in [5, 5.41) is 22.6. The minimum atomic E-state index is -1.12. The van der Waals surface area contributed by atoms with Crippen LogP contribution in [0.3, 0.4) is 0 Å². The van der Waals surface area contributed by atoms with Gasteiger partial charge in [-0.25, -0.2) is 4.79 Å². The Morgan fingerprint density at radius 2 is 2.00 bits per heavy atom. The van der Waals surface area contributed by atoms with Gasteiger partial charge in [0, 0.05) is 18.0 Å². The van der Waals surface area contributed by atoms with Gasteiger partial charge in [-0.2, -0.15) is 0 Å². The molecule has 0 amide bonds. The number of phenols is 1. The lowest BCUT2D eigenvalue weighted by molar-refractivity contribution is -0.176. The fraction of sp³-hybridized carbons (Fsp3) is 0.583. The van der Waals surface area contributed by atoms with E-state index in [0.717, 1.165) is 17.7 Å². The van der Waals surface area contributed by atoms with Crippen molar-refractivity contribution in [3.63, 3.8) is 0 Å². The van der Waals surface area contributed by atoms with Gasteiger partial charge < -0.3 is 29.3 Å². The standard InChI is InChI=1S/C24H29NO7/c1-12(2)21(27)30-13(3)22(28)31-16-7-8-24(29)17-11-14-5-6-15(26)19-18(14)23(24,20(16)32-19)9-10-25(17)4/h5-7,12-13,17,20,26,29H,8-11H2,1-4H3/t13-,17+,20?,23?,24+/m0/s1. The highest BCUT2D eigenvalue weighted by molar-refractivity contribution is 5.80. The van der Waals surface area contributed by atoms with E-state index in [1.807, 2.05) is 13.1 Å². The first-order valence-electron chi connectivity index (χ1n) is 11.2. The van der Waals surface area contributed by atoms with E-state index < -0.39 is 35.2 Å². The van der Waals surface area contributed by atoms with Crippen molar-refractivity contribution in [1.82, 2.24) is 4.90 Å². The van der Waals surface area contributed by atoms with Crippen molar-refractivity contribution < 1.29 is 34.0 Å². The second-order valence-electron chi connectivity index (χ2n) is 9.76. The molecule has 2 heterocycles. The molecule has 172 valence electrons. The zero-order valence-electron chi connectivity index (χ0n) is 18.8. The van der Waals surface area contributed by atoms with Gasteiger partial charge in [-0.1, -0.05) is 19.9 Å². The van der Waals surface area contributed by atoms with Gasteiger partial charge in [-0.3, -0.25) is 4.79 Å². The number of esters is 2. The second kappa shape index (κ2) is 6.96. The van der Waals surface area contributed by atoms with Gasteiger partial charge in [0.25, 0.3) is 0 Å². The molecule has 2 N–H and O–H groups in total. The lowest BCUT2D eigenvalue weighted by Gasteiger charge is -2.61. The lowest BCUT2D eigenvalue weighted by Crippen LogP contribution is -2.74. The Morgan fingerprint density at radius 1 is 1.25 bits per heavy atom. The molecule has 2 aliphatic carbocycles. The molecule has 2 bridgehead atoms. The number of phenolic OH excluding ortho intramolecular Hbond substituents is 1. The van der Waals surface area contributed by atoms with Crippen molar-refractivity contribution in [3.8, 4) is 11.5 Å². The van der Waals surface area contributed by atoms with Crippen LogP contribution >= 0.6 is 0 Å². The molecule has 1 aromatic rings. The minimum absolute atomic E-state index is 0.0113. The molecule has 5 rings (SSSR count). The van der Waals surface area contributed by atoms with Gasteiger partial charge in [0.1, 0.15) is 5.76 Å². The van der Waals surface area contributed by atoms with Crippen LogP contribution in [0.25, 0.3) is 0 Å². The van der Waals surface area contributed by atoms with Gasteiger partial charge >= 0.3 is 11.9 Å². The molecule has 2 aliphatic heterocycles. The first-order valence-corrected chi connectivity index (χ1v) is 11.2. The molecule has 1 aromatic carbocycles.